The van der Waals surface area contributed by atoms with Gasteiger partial charge in [-0.1, -0.05) is 12.1 Å². The van der Waals surface area contributed by atoms with Gasteiger partial charge >= 0.3 is 0 Å². The summed E-state index contributed by atoms with van der Waals surface area (Å²) in [5.74, 6) is 1.87. The zero-order valence-electron chi connectivity index (χ0n) is 16.2. The van der Waals surface area contributed by atoms with E-state index in [1.807, 2.05) is 54.7 Å². The summed E-state index contributed by atoms with van der Waals surface area (Å²) in [6.45, 7) is 2.60. The zero-order valence-corrected chi connectivity index (χ0v) is 19.4. The highest BCUT2D eigenvalue weighted by Crippen LogP contribution is 2.45. The van der Waals surface area contributed by atoms with Crippen LogP contribution in [0.25, 0.3) is 0 Å². The minimum absolute atomic E-state index is 0.101. The van der Waals surface area contributed by atoms with E-state index in [1.54, 1.807) is 6.07 Å². The van der Waals surface area contributed by atoms with Crippen molar-refractivity contribution in [1.82, 2.24) is 4.31 Å². The van der Waals surface area contributed by atoms with Gasteiger partial charge in [0.05, 0.1) is 10.5 Å². The predicted molar refractivity (Wildman–Crippen MR) is 123 cm³/mol. The number of nitrogens with zero attached hydrogens (tertiary/aromatic N) is 1. The number of thioether (sulfide) groups is 2. The van der Waals surface area contributed by atoms with Crippen LogP contribution in [0.15, 0.2) is 40.6 Å². The van der Waals surface area contributed by atoms with Crippen LogP contribution < -0.4 is 5.32 Å². The first-order chi connectivity index (χ1) is 13.9. The molecule has 1 N–H and O–H groups in total. The zero-order chi connectivity index (χ0) is 20.4. The molecule has 0 bridgehead atoms. The van der Waals surface area contributed by atoms with E-state index in [-0.39, 0.29) is 18.4 Å². The number of carbonyl (C=O) groups is 1. The van der Waals surface area contributed by atoms with Gasteiger partial charge in [0, 0.05) is 35.2 Å². The Balaban J connectivity index is 1.43. The first kappa shape index (κ1) is 21.2. The van der Waals surface area contributed by atoms with E-state index in [0.29, 0.717) is 28.2 Å². The SMILES string of the molecule is Cc1ccc(S(=O)(=O)N2CCCC(C(=O)Nc3cccc(C4SCCS4)c3)C2)s1. The van der Waals surface area contributed by atoms with E-state index < -0.39 is 10.0 Å². The van der Waals surface area contributed by atoms with Crippen LogP contribution in [-0.2, 0) is 14.8 Å². The average Bonchev–Trinajstić information content (AvgIpc) is 3.40. The number of piperidine rings is 1. The molecule has 2 fully saturated rings. The van der Waals surface area contributed by atoms with Crippen LogP contribution in [0, 0.1) is 12.8 Å². The van der Waals surface area contributed by atoms with Crippen molar-refractivity contribution in [3.63, 3.8) is 0 Å². The summed E-state index contributed by atoms with van der Waals surface area (Å²) >= 11 is 5.14. The topological polar surface area (TPSA) is 66.5 Å². The Morgan fingerprint density at radius 1 is 1.17 bits per heavy atom. The van der Waals surface area contributed by atoms with E-state index >= 15 is 0 Å². The van der Waals surface area contributed by atoms with Crippen LogP contribution in [0.4, 0.5) is 5.69 Å². The van der Waals surface area contributed by atoms with Gasteiger partial charge in [0.2, 0.25) is 5.91 Å². The van der Waals surface area contributed by atoms with Crippen LogP contribution in [0.5, 0.6) is 0 Å². The normalized spacial score (nSPS) is 21.3. The number of rotatable bonds is 5. The molecule has 0 spiro atoms. The van der Waals surface area contributed by atoms with E-state index in [9.17, 15) is 13.2 Å². The fraction of sp³-hybridized carbons (Fsp3) is 0.450. The van der Waals surface area contributed by atoms with E-state index in [2.05, 4.69) is 11.4 Å². The van der Waals surface area contributed by atoms with E-state index in [1.165, 1.54) is 21.2 Å². The molecule has 2 aliphatic heterocycles. The van der Waals surface area contributed by atoms with Gasteiger partial charge in [-0.05, 0) is 49.6 Å². The van der Waals surface area contributed by atoms with Gasteiger partial charge in [-0.2, -0.15) is 4.31 Å². The molecule has 4 rings (SSSR count). The Bertz CT molecular complexity index is 983. The lowest BCUT2D eigenvalue weighted by atomic mass is 9.98. The number of hydrogen-bond acceptors (Lipinski definition) is 6. The Morgan fingerprint density at radius 2 is 1.97 bits per heavy atom. The van der Waals surface area contributed by atoms with Gasteiger partial charge in [0.1, 0.15) is 4.21 Å². The second kappa shape index (κ2) is 9.01. The number of anilines is 1. The van der Waals surface area contributed by atoms with E-state index in [4.69, 9.17) is 0 Å². The van der Waals surface area contributed by atoms with Crippen LogP contribution in [-0.4, -0.2) is 43.2 Å². The summed E-state index contributed by atoms with van der Waals surface area (Å²) in [5, 5.41) is 3.02. The van der Waals surface area contributed by atoms with Gasteiger partial charge in [-0.3, -0.25) is 4.79 Å². The van der Waals surface area contributed by atoms with Crippen LogP contribution in [0.3, 0.4) is 0 Å². The summed E-state index contributed by atoms with van der Waals surface area (Å²) in [7, 11) is -3.53. The molecule has 0 radical (unpaired) electrons. The first-order valence-corrected chi connectivity index (χ1v) is 14.0. The number of amides is 1. The van der Waals surface area contributed by atoms with Gasteiger partial charge in [-0.25, -0.2) is 8.42 Å². The summed E-state index contributed by atoms with van der Waals surface area (Å²) in [6, 6.07) is 11.5. The molecular weight excluding hydrogens is 444 g/mol. The van der Waals surface area contributed by atoms with Crippen molar-refractivity contribution in [2.45, 2.75) is 28.6 Å². The minimum atomic E-state index is -3.53. The third kappa shape index (κ3) is 4.85. The van der Waals surface area contributed by atoms with Gasteiger partial charge in [0.25, 0.3) is 10.0 Å². The molecule has 5 nitrogen and oxygen atoms in total. The van der Waals surface area contributed by atoms with Crippen molar-refractivity contribution in [3.8, 4) is 0 Å². The smallest absolute Gasteiger partial charge is 0.252 e. The number of hydrogen-bond donors (Lipinski definition) is 1. The van der Waals surface area contributed by atoms with Crippen molar-refractivity contribution < 1.29 is 13.2 Å². The Kier molecular flexibility index (Phi) is 6.60. The molecule has 1 aromatic carbocycles. The maximum Gasteiger partial charge on any atom is 0.252 e. The molecule has 2 aromatic rings. The quantitative estimate of drug-likeness (QED) is 0.696. The Morgan fingerprint density at radius 3 is 2.69 bits per heavy atom. The fourth-order valence-corrected chi connectivity index (χ4v) is 9.41. The summed E-state index contributed by atoms with van der Waals surface area (Å²) in [4.78, 5) is 13.8. The molecule has 0 saturated carbocycles. The highest BCUT2D eigenvalue weighted by molar-refractivity contribution is 8.19. The lowest BCUT2D eigenvalue weighted by molar-refractivity contribution is -0.120. The van der Waals surface area contributed by atoms with Crippen molar-refractivity contribution in [2.24, 2.45) is 5.92 Å². The molecule has 1 unspecified atom stereocenters. The fourth-order valence-electron chi connectivity index (χ4n) is 3.61. The number of thiophene rings is 1. The maximum absolute atomic E-state index is 12.9. The lowest BCUT2D eigenvalue weighted by Gasteiger charge is -2.30. The highest BCUT2D eigenvalue weighted by atomic mass is 32.2. The van der Waals surface area contributed by atoms with Crippen molar-refractivity contribution >= 4 is 56.5 Å². The summed E-state index contributed by atoms with van der Waals surface area (Å²) in [5.41, 5.74) is 2.01. The van der Waals surface area contributed by atoms with E-state index in [0.717, 1.165) is 22.1 Å². The average molecular weight is 469 g/mol. The summed E-state index contributed by atoms with van der Waals surface area (Å²) in [6.07, 6.45) is 1.40. The van der Waals surface area contributed by atoms with Crippen molar-refractivity contribution in [2.75, 3.05) is 29.9 Å². The maximum atomic E-state index is 12.9. The van der Waals surface area contributed by atoms with Crippen LogP contribution >= 0.6 is 34.9 Å². The standard InChI is InChI=1S/C20H24N2O3S4/c1-14-7-8-18(28-14)29(24,25)22-9-3-5-16(13-22)19(23)21-17-6-2-4-15(12-17)20-26-10-11-27-20/h2,4,6-8,12,16,20H,3,5,9-11,13H2,1H3,(H,21,23). The lowest BCUT2D eigenvalue weighted by Crippen LogP contribution is -2.43. The molecule has 29 heavy (non-hydrogen) atoms. The molecule has 2 saturated heterocycles. The molecule has 1 atom stereocenters. The first-order valence-electron chi connectivity index (χ1n) is 9.64. The van der Waals surface area contributed by atoms with Crippen molar-refractivity contribution in [1.29, 1.82) is 0 Å². The highest BCUT2D eigenvalue weighted by Gasteiger charge is 2.34. The number of nitrogens with one attached hydrogen (secondary N) is 1. The third-order valence-corrected chi connectivity index (χ3v) is 11.6. The molecule has 1 aromatic heterocycles. The third-order valence-electron chi connectivity index (χ3n) is 5.11. The molecule has 9 heteroatoms. The van der Waals surface area contributed by atoms with Gasteiger partial charge in [0.15, 0.2) is 0 Å². The van der Waals surface area contributed by atoms with Gasteiger partial charge < -0.3 is 5.32 Å². The number of benzene rings is 1. The molecular formula is C20H24N2O3S4. The molecule has 3 heterocycles. The number of aryl methyl sites for hydroxylation is 1. The second-order valence-corrected chi connectivity index (χ2v) is 13.4. The van der Waals surface area contributed by atoms with Crippen LogP contribution in [0.1, 0.15) is 27.9 Å². The Labute approximate surface area is 184 Å². The van der Waals surface area contributed by atoms with Gasteiger partial charge in [-0.15, -0.1) is 34.9 Å². The minimum Gasteiger partial charge on any atom is -0.326 e. The summed E-state index contributed by atoms with van der Waals surface area (Å²) < 4.78 is 28.1. The van der Waals surface area contributed by atoms with Crippen molar-refractivity contribution in [3.05, 3.63) is 46.8 Å². The number of carbonyl (C=O) groups excluding carboxylic acids is 1. The number of sulfonamides is 1. The monoisotopic (exact) mass is 468 g/mol. The Hall–Kier alpha value is -1.000. The largest absolute Gasteiger partial charge is 0.326 e. The molecule has 0 aliphatic carbocycles. The van der Waals surface area contributed by atoms with Crippen LogP contribution in [0.2, 0.25) is 0 Å². The molecule has 1 amide bonds. The molecule has 156 valence electrons. The second-order valence-electron chi connectivity index (χ2n) is 7.26. The predicted octanol–water partition coefficient (Wildman–Crippen LogP) is 4.57. The molecule has 2 aliphatic rings.